The van der Waals surface area contributed by atoms with Crippen molar-refractivity contribution in [1.82, 2.24) is 10.6 Å². The van der Waals surface area contributed by atoms with Gasteiger partial charge in [-0.05, 0) is 31.2 Å². The van der Waals surface area contributed by atoms with Gasteiger partial charge >= 0.3 is 0 Å². The SMILES string of the molecule is Cc1noc(-c2ccc(Br)cc2)c1C(=O)NN. The van der Waals surface area contributed by atoms with Crippen LogP contribution in [0, 0.1) is 6.92 Å². The smallest absolute Gasteiger partial charge is 0.271 e. The van der Waals surface area contributed by atoms with Crippen LogP contribution in [0.3, 0.4) is 0 Å². The first-order valence-electron chi connectivity index (χ1n) is 4.86. The number of nitrogens with one attached hydrogen (secondary N) is 1. The highest BCUT2D eigenvalue weighted by molar-refractivity contribution is 9.10. The van der Waals surface area contributed by atoms with Gasteiger partial charge in [-0.3, -0.25) is 10.2 Å². The summed E-state index contributed by atoms with van der Waals surface area (Å²) < 4.78 is 6.11. The highest BCUT2D eigenvalue weighted by Gasteiger charge is 2.20. The van der Waals surface area contributed by atoms with E-state index in [9.17, 15) is 4.79 Å². The normalized spacial score (nSPS) is 10.3. The van der Waals surface area contributed by atoms with Crippen LogP contribution in [0.5, 0.6) is 0 Å². The first kappa shape index (κ1) is 11.8. The summed E-state index contributed by atoms with van der Waals surface area (Å²) in [6.45, 7) is 1.69. The minimum Gasteiger partial charge on any atom is -0.355 e. The molecule has 1 aromatic carbocycles. The Morgan fingerprint density at radius 1 is 1.41 bits per heavy atom. The van der Waals surface area contributed by atoms with E-state index in [2.05, 4.69) is 26.5 Å². The Labute approximate surface area is 106 Å². The molecule has 0 bridgehead atoms. The van der Waals surface area contributed by atoms with Crippen molar-refractivity contribution < 1.29 is 9.32 Å². The number of nitrogens with zero attached hydrogens (tertiary/aromatic N) is 1. The van der Waals surface area contributed by atoms with Gasteiger partial charge in [-0.1, -0.05) is 21.1 Å². The summed E-state index contributed by atoms with van der Waals surface area (Å²) in [5.41, 5.74) is 3.71. The average molecular weight is 296 g/mol. The number of benzene rings is 1. The Bertz CT molecular complexity index is 548. The Morgan fingerprint density at radius 2 is 2.06 bits per heavy atom. The maximum atomic E-state index is 11.6. The van der Waals surface area contributed by atoms with Gasteiger partial charge in [0.25, 0.3) is 5.91 Å². The van der Waals surface area contributed by atoms with Crippen molar-refractivity contribution in [2.24, 2.45) is 5.84 Å². The number of carbonyl (C=O) groups is 1. The van der Waals surface area contributed by atoms with Crippen LogP contribution in [-0.4, -0.2) is 11.1 Å². The van der Waals surface area contributed by atoms with Gasteiger partial charge in [0.2, 0.25) is 0 Å². The molecule has 0 aliphatic rings. The minimum absolute atomic E-state index is 0.356. The molecule has 2 rings (SSSR count). The number of aryl methyl sites for hydroxylation is 1. The number of nitrogen functional groups attached to an aromatic ring is 1. The summed E-state index contributed by atoms with van der Waals surface area (Å²) in [6, 6.07) is 7.38. The van der Waals surface area contributed by atoms with Gasteiger partial charge in [0.15, 0.2) is 5.76 Å². The highest BCUT2D eigenvalue weighted by Crippen LogP contribution is 2.27. The lowest BCUT2D eigenvalue weighted by molar-refractivity contribution is 0.0953. The molecule has 0 unspecified atom stereocenters. The second-order valence-electron chi connectivity index (χ2n) is 3.45. The summed E-state index contributed by atoms with van der Waals surface area (Å²) in [7, 11) is 0. The number of carbonyl (C=O) groups excluding carboxylic acids is 1. The molecular weight excluding hydrogens is 286 g/mol. The van der Waals surface area contributed by atoms with Crippen molar-refractivity contribution >= 4 is 21.8 Å². The van der Waals surface area contributed by atoms with Crippen molar-refractivity contribution in [3.8, 4) is 11.3 Å². The Balaban J connectivity index is 2.52. The number of aromatic nitrogens is 1. The molecule has 0 fully saturated rings. The zero-order valence-corrected chi connectivity index (χ0v) is 10.6. The van der Waals surface area contributed by atoms with Gasteiger partial charge in [0.05, 0.1) is 5.69 Å². The number of rotatable bonds is 2. The molecule has 1 heterocycles. The monoisotopic (exact) mass is 295 g/mol. The molecule has 1 amide bonds. The van der Waals surface area contributed by atoms with Crippen LogP contribution in [0.25, 0.3) is 11.3 Å². The van der Waals surface area contributed by atoms with E-state index in [1.54, 1.807) is 6.92 Å². The number of amides is 1. The molecule has 2 aromatic rings. The summed E-state index contributed by atoms with van der Waals surface area (Å²) in [5.74, 6) is 5.13. The van der Waals surface area contributed by atoms with Crippen LogP contribution >= 0.6 is 15.9 Å². The number of halogens is 1. The molecule has 5 nitrogen and oxygen atoms in total. The van der Waals surface area contributed by atoms with Crippen LogP contribution in [-0.2, 0) is 0 Å². The molecular formula is C11H10BrN3O2. The Kier molecular flexibility index (Phi) is 3.26. The van der Waals surface area contributed by atoms with E-state index in [0.29, 0.717) is 17.0 Å². The zero-order valence-electron chi connectivity index (χ0n) is 9.03. The first-order valence-corrected chi connectivity index (χ1v) is 5.66. The van der Waals surface area contributed by atoms with Crippen molar-refractivity contribution in [2.45, 2.75) is 6.92 Å². The Hall–Kier alpha value is -1.66. The standard InChI is InChI=1S/C11H10BrN3O2/c1-6-9(11(16)14-13)10(17-15-6)7-2-4-8(12)5-3-7/h2-5H,13H2,1H3,(H,14,16). The predicted octanol–water partition coefficient (Wildman–Crippen LogP) is 2.02. The second kappa shape index (κ2) is 4.68. The average Bonchev–Trinajstić information content (AvgIpc) is 2.71. The molecule has 1 aromatic heterocycles. The number of hydrogen-bond acceptors (Lipinski definition) is 4. The quantitative estimate of drug-likeness (QED) is 0.504. The zero-order chi connectivity index (χ0) is 12.4. The fraction of sp³-hybridized carbons (Fsp3) is 0.0909. The van der Waals surface area contributed by atoms with Crippen LogP contribution in [0.4, 0.5) is 0 Å². The topological polar surface area (TPSA) is 81.2 Å². The summed E-state index contributed by atoms with van der Waals surface area (Å²) in [6.07, 6.45) is 0. The van der Waals surface area contributed by atoms with Gasteiger partial charge in [-0.15, -0.1) is 0 Å². The summed E-state index contributed by atoms with van der Waals surface area (Å²) in [5, 5.41) is 3.78. The van der Waals surface area contributed by atoms with Crippen molar-refractivity contribution in [1.29, 1.82) is 0 Å². The third kappa shape index (κ3) is 2.22. The van der Waals surface area contributed by atoms with Crippen LogP contribution < -0.4 is 11.3 Å². The van der Waals surface area contributed by atoms with Gasteiger partial charge in [0.1, 0.15) is 5.56 Å². The van der Waals surface area contributed by atoms with Crippen molar-refractivity contribution in [2.75, 3.05) is 0 Å². The van der Waals surface area contributed by atoms with Gasteiger partial charge in [-0.2, -0.15) is 0 Å². The predicted molar refractivity (Wildman–Crippen MR) is 66.0 cm³/mol. The highest BCUT2D eigenvalue weighted by atomic mass is 79.9. The maximum Gasteiger partial charge on any atom is 0.271 e. The lowest BCUT2D eigenvalue weighted by atomic mass is 10.1. The first-order chi connectivity index (χ1) is 8.13. The Morgan fingerprint density at radius 3 is 2.65 bits per heavy atom. The molecule has 0 radical (unpaired) electrons. The van der Waals surface area contributed by atoms with Crippen LogP contribution in [0.2, 0.25) is 0 Å². The van der Waals surface area contributed by atoms with E-state index in [0.717, 1.165) is 10.0 Å². The van der Waals surface area contributed by atoms with E-state index in [4.69, 9.17) is 10.4 Å². The van der Waals surface area contributed by atoms with E-state index in [-0.39, 0.29) is 0 Å². The number of nitrogens with two attached hydrogens (primary N) is 1. The molecule has 0 saturated carbocycles. The summed E-state index contributed by atoms with van der Waals surface area (Å²) in [4.78, 5) is 11.6. The number of hydrazine groups is 1. The molecule has 17 heavy (non-hydrogen) atoms. The van der Waals surface area contributed by atoms with E-state index >= 15 is 0 Å². The van der Waals surface area contributed by atoms with Crippen molar-refractivity contribution in [3.63, 3.8) is 0 Å². The largest absolute Gasteiger partial charge is 0.355 e. The third-order valence-electron chi connectivity index (χ3n) is 2.33. The molecule has 0 saturated heterocycles. The molecule has 6 heteroatoms. The van der Waals surface area contributed by atoms with Crippen LogP contribution in [0.1, 0.15) is 16.1 Å². The lowest BCUT2D eigenvalue weighted by Crippen LogP contribution is -2.30. The van der Waals surface area contributed by atoms with Gasteiger partial charge in [-0.25, -0.2) is 5.84 Å². The summed E-state index contributed by atoms with van der Waals surface area (Å²) >= 11 is 3.34. The maximum absolute atomic E-state index is 11.6. The molecule has 88 valence electrons. The molecule has 0 aliphatic carbocycles. The lowest BCUT2D eigenvalue weighted by Gasteiger charge is -2.01. The molecule has 0 aliphatic heterocycles. The van der Waals surface area contributed by atoms with Crippen molar-refractivity contribution in [3.05, 3.63) is 40.0 Å². The second-order valence-corrected chi connectivity index (χ2v) is 4.37. The van der Waals surface area contributed by atoms with Crippen LogP contribution in [0.15, 0.2) is 33.3 Å². The van der Waals surface area contributed by atoms with Gasteiger partial charge in [0, 0.05) is 10.0 Å². The van der Waals surface area contributed by atoms with Gasteiger partial charge < -0.3 is 4.52 Å². The third-order valence-corrected chi connectivity index (χ3v) is 2.86. The number of hydrogen-bond donors (Lipinski definition) is 2. The van der Waals surface area contributed by atoms with E-state index in [1.807, 2.05) is 24.3 Å². The van der Waals surface area contributed by atoms with E-state index < -0.39 is 5.91 Å². The fourth-order valence-electron chi connectivity index (χ4n) is 1.51. The fourth-order valence-corrected chi connectivity index (χ4v) is 1.77. The molecule has 3 N–H and O–H groups in total. The minimum atomic E-state index is -0.415. The van der Waals surface area contributed by atoms with E-state index in [1.165, 1.54) is 0 Å². The molecule has 0 spiro atoms. The molecule has 0 atom stereocenters.